The van der Waals surface area contributed by atoms with Crippen LogP contribution < -0.4 is 0 Å². The summed E-state index contributed by atoms with van der Waals surface area (Å²) < 4.78 is 8.06. The Bertz CT molecular complexity index is 844. The number of aryl methyl sites for hydroxylation is 2. The van der Waals surface area contributed by atoms with Gasteiger partial charge in [-0.1, -0.05) is 162 Å². The van der Waals surface area contributed by atoms with Crippen LogP contribution in [-0.4, -0.2) is 57.9 Å². The van der Waals surface area contributed by atoms with Crippen molar-refractivity contribution in [1.29, 1.82) is 0 Å². The second kappa shape index (κ2) is 33.7. The fourth-order valence-electron chi connectivity index (χ4n) is 7.11. The van der Waals surface area contributed by atoms with Crippen molar-refractivity contribution < 1.29 is 14.6 Å². The monoisotopic (exact) mass is 690 g/mol. The Labute approximate surface area is 304 Å². The summed E-state index contributed by atoms with van der Waals surface area (Å²) in [5.74, 6) is 1.22. The number of aromatic nitrogens is 2. The van der Waals surface area contributed by atoms with Crippen LogP contribution in [0.2, 0.25) is 0 Å². The molecule has 0 aliphatic carbocycles. The minimum Gasteiger partial charge on any atom is -0.465 e. The average molecular weight is 690 g/mol. The minimum absolute atomic E-state index is 0.0563. The third-order valence-electron chi connectivity index (χ3n) is 10.4. The average Bonchev–Trinajstić information content (AvgIpc) is 3.51. The number of unbranched alkanes of at least 4 members (excludes halogenated alkanes) is 20. The van der Waals surface area contributed by atoms with Gasteiger partial charge in [-0.25, -0.2) is 4.98 Å². The maximum absolute atomic E-state index is 13.0. The molecule has 0 spiro atoms. The third-order valence-corrected chi connectivity index (χ3v) is 10.4. The molecule has 1 heterocycles. The van der Waals surface area contributed by atoms with Gasteiger partial charge in [-0.2, -0.15) is 0 Å². The number of ether oxygens (including phenoxy) is 1. The zero-order chi connectivity index (χ0) is 35.6. The molecule has 2 unspecified atom stereocenters. The van der Waals surface area contributed by atoms with Gasteiger partial charge in [0.2, 0.25) is 0 Å². The standard InChI is InChI=1S/C43H83N3O3/c1-5-8-11-14-16-17-18-19-21-26-32-42(47)39-45(35-29-36-46-37-33-44-40(46)4)34-27-22-23-28-38-49-43(48)41(30-24-13-10-7-3)31-25-20-15-12-9-6-2/h33,37,41-42,47H,5-32,34-36,38-39H2,1-4H3. The van der Waals surface area contributed by atoms with Crippen LogP contribution in [0.1, 0.15) is 206 Å². The largest absolute Gasteiger partial charge is 0.465 e. The molecule has 0 aliphatic rings. The number of carbonyl (C=O) groups is 1. The molecule has 6 nitrogen and oxygen atoms in total. The van der Waals surface area contributed by atoms with Crippen LogP contribution in [0.15, 0.2) is 12.4 Å². The van der Waals surface area contributed by atoms with Crippen molar-refractivity contribution in [2.75, 3.05) is 26.2 Å². The molecule has 1 aromatic heterocycles. The maximum Gasteiger partial charge on any atom is 0.308 e. The molecular weight excluding hydrogens is 606 g/mol. The summed E-state index contributed by atoms with van der Waals surface area (Å²) in [6, 6.07) is 0. The number of hydrogen-bond acceptors (Lipinski definition) is 5. The van der Waals surface area contributed by atoms with Gasteiger partial charge in [-0.3, -0.25) is 4.79 Å². The van der Waals surface area contributed by atoms with Crippen LogP contribution in [0.25, 0.3) is 0 Å². The molecule has 1 rings (SSSR count). The molecule has 1 N–H and O–H groups in total. The van der Waals surface area contributed by atoms with Crippen LogP contribution in [-0.2, 0) is 16.1 Å². The Morgan fingerprint density at radius 1 is 0.673 bits per heavy atom. The van der Waals surface area contributed by atoms with Crippen molar-refractivity contribution in [3.63, 3.8) is 0 Å². The summed E-state index contributed by atoms with van der Waals surface area (Å²) in [6.07, 6.45) is 37.8. The van der Waals surface area contributed by atoms with Crippen molar-refractivity contribution >= 4 is 5.97 Å². The zero-order valence-corrected chi connectivity index (χ0v) is 33.2. The minimum atomic E-state index is -0.241. The van der Waals surface area contributed by atoms with Crippen molar-refractivity contribution in [1.82, 2.24) is 14.5 Å². The van der Waals surface area contributed by atoms with Gasteiger partial charge in [-0.15, -0.1) is 0 Å². The Morgan fingerprint density at radius 3 is 1.69 bits per heavy atom. The summed E-state index contributed by atoms with van der Waals surface area (Å²) in [5, 5.41) is 10.9. The molecule has 0 aliphatic heterocycles. The van der Waals surface area contributed by atoms with Gasteiger partial charge < -0.3 is 19.3 Å². The van der Waals surface area contributed by atoms with Crippen molar-refractivity contribution in [2.45, 2.75) is 220 Å². The van der Waals surface area contributed by atoms with Crippen molar-refractivity contribution in [3.8, 4) is 0 Å². The number of aliphatic hydroxyl groups excluding tert-OH is 1. The number of aliphatic hydroxyl groups is 1. The number of hydrogen-bond donors (Lipinski definition) is 1. The smallest absolute Gasteiger partial charge is 0.308 e. The van der Waals surface area contributed by atoms with Crippen molar-refractivity contribution in [3.05, 3.63) is 18.2 Å². The predicted octanol–water partition coefficient (Wildman–Crippen LogP) is 12.0. The first kappa shape index (κ1) is 45.6. The van der Waals surface area contributed by atoms with Gasteiger partial charge >= 0.3 is 5.97 Å². The van der Waals surface area contributed by atoms with E-state index in [2.05, 4.69) is 48.3 Å². The molecule has 0 saturated carbocycles. The highest BCUT2D eigenvalue weighted by Gasteiger charge is 2.19. The van der Waals surface area contributed by atoms with Gasteiger partial charge in [-0.05, 0) is 58.5 Å². The highest BCUT2D eigenvalue weighted by molar-refractivity contribution is 5.72. The van der Waals surface area contributed by atoms with Gasteiger partial charge in [0.05, 0.1) is 18.6 Å². The second-order valence-corrected chi connectivity index (χ2v) is 15.1. The molecule has 0 bridgehead atoms. The van der Waals surface area contributed by atoms with E-state index in [9.17, 15) is 9.90 Å². The van der Waals surface area contributed by atoms with Crippen LogP contribution in [0, 0.1) is 12.8 Å². The van der Waals surface area contributed by atoms with Crippen LogP contribution >= 0.6 is 0 Å². The molecular formula is C43H83N3O3. The van der Waals surface area contributed by atoms with Gasteiger partial charge in [0, 0.05) is 25.5 Å². The fourth-order valence-corrected chi connectivity index (χ4v) is 7.11. The lowest BCUT2D eigenvalue weighted by Gasteiger charge is -2.25. The molecule has 0 aromatic carbocycles. The highest BCUT2D eigenvalue weighted by Crippen LogP contribution is 2.21. The van der Waals surface area contributed by atoms with E-state index < -0.39 is 0 Å². The Morgan fingerprint density at radius 2 is 1.14 bits per heavy atom. The SMILES string of the molecule is CCCCCCCCCCCCC(O)CN(CCCCCCOC(=O)C(CCCCCC)CCCCCCCC)CCCn1ccnc1C. The maximum atomic E-state index is 13.0. The number of carbonyl (C=O) groups excluding carboxylic acids is 1. The molecule has 0 radical (unpaired) electrons. The molecule has 288 valence electrons. The fraction of sp³-hybridized carbons (Fsp3) is 0.907. The second-order valence-electron chi connectivity index (χ2n) is 15.1. The van der Waals surface area contributed by atoms with Gasteiger partial charge in [0.25, 0.3) is 0 Å². The van der Waals surface area contributed by atoms with E-state index in [1.807, 2.05) is 6.20 Å². The molecule has 6 heteroatoms. The molecule has 2 atom stereocenters. The predicted molar refractivity (Wildman–Crippen MR) is 210 cm³/mol. The van der Waals surface area contributed by atoms with Crippen LogP contribution in [0.5, 0.6) is 0 Å². The Kier molecular flexibility index (Phi) is 31.4. The van der Waals surface area contributed by atoms with E-state index in [-0.39, 0.29) is 18.0 Å². The zero-order valence-electron chi connectivity index (χ0n) is 33.2. The number of imidazole rings is 1. The Balaban J connectivity index is 2.35. The number of rotatable bonds is 37. The summed E-state index contributed by atoms with van der Waals surface area (Å²) in [4.78, 5) is 19.8. The van der Waals surface area contributed by atoms with E-state index >= 15 is 0 Å². The summed E-state index contributed by atoms with van der Waals surface area (Å²) in [7, 11) is 0. The summed E-state index contributed by atoms with van der Waals surface area (Å²) >= 11 is 0. The van der Waals surface area contributed by atoms with Crippen LogP contribution in [0.3, 0.4) is 0 Å². The van der Waals surface area contributed by atoms with Gasteiger partial charge in [0.15, 0.2) is 0 Å². The van der Waals surface area contributed by atoms with Gasteiger partial charge in [0.1, 0.15) is 5.82 Å². The highest BCUT2D eigenvalue weighted by atomic mass is 16.5. The molecule has 0 amide bonds. The summed E-state index contributed by atoms with van der Waals surface area (Å²) in [6.45, 7) is 13.2. The first-order valence-corrected chi connectivity index (χ1v) is 21.6. The van der Waals surface area contributed by atoms with Crippen LogP contribution in [0.4, 0.5) is 0 Å². The van der Waals surface area contributed by atoms with Crippen molar-refractivity contribution in [2.24, 2.45) is 5.92 Å². The topological polar surface area (TPSA) is 67.6 Å². The first-order chi connectivity index (χ1) is 24.0. The lowest BCUT2D eigenvalue weighted by Crippen LogP contribution is -2.34. The Hall–Kier alpha value is -1.40. The molecule has 0 fully saturated rings. The van der Waals surface area contributed by atoms with E-state index in [4.69, 9.17) is 4.74 Å². The molecule has 0 saturated heterocycles. The number of esters is 1. The van der Waals surface area contributed by atoms with E-state index in [0.717, 1.165) is 103 Å². The first-order valence-electron chi connectivity index (χ1n) is 21.6. The lowest BCUT2D eigenvalue weighted by atomic mass is 9.94. The normalized spacial score (nSPS) is 12.9. The quantitative estimate of drug-likeness (QED) is 0.0556. The molecule has 49 heavy (non-hydrogen) atoms. The third kappa shape index (κ3) is 27.0. The molecule has 1 aromatic rings. The van der Waals surface area contributed by atoms with E-state index in [0.29, 0.717) is 6.61 Å². The van der Waals surface area contributed by atoms with E-state index in [1.54, 1.807) is 0 Å². The van der Waals surface area contributed by atoms with E-state index in [1.165, 1.54) is 109 Å². The summed E-state index contributed by atoms with van der Waals surface area (Å²) in [5.41, 5.74) is 0. The lowest BCUT2D eigenvalue weighted by molar-refractivity contribution is -0.149. The number of nitrogens with zero attached hydrogens (tertiary/aromatic N) is 3.